The van der Waals surface area contributed by atoms with E-state index >= 15 is 0 Å². The highest BCUT2D eigenvalue weighted by Gasteiger charge is 2.15. The molecule has 0 spiro atoms. The molecule has 0 atom stereocenters. The fraction of sp³-hybridized carbons (Fsp3) is 0.100. The Morgan fingerprint density at radius 1 is 1.14 bits per heavy atom. The lowest BCUT2D eigenvalue weighted by molar-refractivity contribution is 0.100. The van der Waals surface area contributed by atoms with Crippen molar-refractivity contribution in [2.75, 3.05) is 0 Å². The molecule has 1 aromatic heterocycles. The van der Waals surface area contributed by atoms with Crippen LogP contribution in [0.5, 0.6) is 5.75 Å². The second-order valence-electron chi connectivity index (χ2n) is 6.04. The Labute approximate surface area is 167 Å². The van der Waals surface area contributed by atoms with Gasteiger partial charge in [-0.2, -0.15) is 0 Å². The smallest absolute Gasteiger partial charge is 0.273 e. The highest BCUT2D eigenvalue weighted by Crippen LogP contribution is 2.25. The topological polar surface area (TPSA) is 74.3 Å². The molecule has 1 amide bonds. The fourth-order valence-electron chi connectivity index (χ4n) is 2.68. The van der Waals surface area contributed by atoms with E-state index in [2.05, 4.69) is 15.9 Å². The van der Waals surface area contributed by atoms with Crippen molar-refractivity contribution in [3.05, 3.63) is 91.8 Å². The van der Waals surface area contributed by atoms with Crippen LogP contribution in [0.3, 0.4) is 0 Å². The molecule has 0 fully saturated rings. The maximum Gasteiger partial charge on any atom is 0.273 e. The monoisotopic (exact) mass is 448 g/mol. The number of primary amides is 1. The van der Waals surface area contributed by atoms with E-state index in [0.29, 0.717) is 16.9 Å². The maximum atomic E-state index is 13.8. The average molecular weight is 449 g/mol. The van der Waals surface area contributed by atoms with Gasteiger partial charge < -0.3 is 10.5 Å². The number of nitrogens with two attached hydrogens (primary N) is 1. The lowest BCUT2D eigenvalue weighted by Gasteiger charge is -2.15. The molecule has 28 heavy (non-hydrogen) atoms. The average Bonchev–Trinajstić information content (AvgIpc) is 2.65. The summed E-state index contributed by atoms with van der Waals surface area (Å²) in [6, 6.07) is 11.1. The number of aromatic nitrogens is 1. The summed E-state index contributed by atoms with van der Waals surface area (Å²) in [5.41, 5.74) is 6.44. The first kappa shape index (κ1) is 19.8. The molecule has 0 aliphatic carbocycles. The molecule has 2 N–H and O–H groups in total. The first-order chi connectivity index (χ1) is 13.3. The van der Waals surface area contributed by atoms with Crippen molar-refractivity contribution in [3.8, 4) is 11.4 Å². The second kappa shape index (κ2) is 7.93. The predicted octanol–water partition coefficient (Wildman–Crippen LogP) is 3.86. The molecule has 8 heteroatoms. The Balaban J connectivity index is 1.91. The summed E-state index contributed by atoms with van der Waals surface area (Å²) < 4.78 is 33.9. The van der Waals surface area contributed by atoms with Gasteiger partial charge in [0, 0.05) is 34.6 Å². The molecule has 144 valence electrons. The zero-order chi connectivity index (χ0) is 20.4. The zero-order valence-electron chi connectivity index (χ0n) is 14.7. The van der Waals surface area contributed by atoms with E-state index in [1.54, 1.807) is 25.1 Å². The first-order valence-electron chi connectivity index (χ1n) is 8.17. The Bertz CT molecular complexity index is 1110. The lowest BCUT2D eigenvalue weighted by atomic mass is 10.2. The molecule has 0 bridgehead atoms. The quantitative estimate of drug-likeness (QED) is 0.643. The summed E-state index contributed by atoms with van der Waals surface area (Å²) in [5, 5.41) is 0. The maximum absolute atomic E-state index is 13.8. The van der Waals surface area contributed by atoms with E-state index in [9.17, 15) is 18.4 Å². The minimum Gasteiger partial charge on any atom is -0.487 e. The Hall–Kier alpha value is -3.00. The largest absolute Gasteiger partial charge is 0.487 e. The highest BCUT2D eigenvalue weighted by molar-refractivity contribution is 9.10. The molecule has 0 saturated carbocycles. The van der Waals surface area contributed by atoms with Crippen LogP contribution in [0.15, 0.2) is 57.8 Å². The van der Waals surface area contributed by atoms with Gasteiger partial charge in [0.05, 0.1) is 0 Å². The number of pyridine rings is 1. The molecule has 3 rings (SSSR count). The van der Waals surface area contributed by atoms with Crippen LogP contribution in [0.1, 0.15) is 21.6 Å². The fourth-order valence-corrected chi connectivity index (χ4v) is 3.08. The van der Waals surface area contributed by atoms with Gasteiger partial charge >= 0.3 is 0 Å². The molecule has 1 heterocycles. The van der Waals surface area contributed by atoms with Crippen LogP contribution in [-0.4, -0.2) is 10.5 Å². The van der Waals surface area contributed by atoms with Gasteiger partial charge in [0.25, 0.3) is 5.56 Å². The summed E-state index contributed by atoms with van der Waals surface area (Å²) in [5.74, 6) is -1.73. The Kier molecular flexibility index (Phi) is 5.60. The zero-order valence-corrected chi connectivity index (χ0v) is 16.3. The number of rotatable bonds is 5. The molecule has 0 unspecified atom stereocenters. The molecular formula is C20H15BrF2N2O3. The van der Waals surface area contributed by atoms with Crippen LogP contribution >= 0.6 is 15.9 Å². The second-order valence-corrected chi connectivity index (χ2v) is 6.83. The normalized spacial score (nSPS) is 10.7. The summed E-state index contributed by atoms with van der Waals surface area (Å²) in [7, 11) is 0. The number of amides is 1. The van der Waals surface area contributed by atoms with Crippen molar-refractivity contribution in [2.45, 2.75) is 13.5 Å². The van der Waals surface area contributed by atoms with Gasteiger partial charge in [-0.1, -0.05) is 0 Å². The number of ether oxygens (including phenoxy) is 1. The van der Waals surface area contributed by atoms with Gasteiger partial charge in [-0.3, -0.25) is 14.2 Å². The van der Waals surface area contributed by atoms with Crippen LogP contribution in [0, 0.1) is 18.6 Å². The van der Waals surface area contributed by atoms with Crippen LogP contribution in [0.25, 0.3) is 5.69 Å². The molecular weight excluding hydrogens is 434 g/mol. The summed E-state index contributed by atoms with van der Waals surface area (Å²) in [6.07, 6.45) is 0. The molecule has 5 nitrogen and oxygen atoms in total. The van der Waals surface area contributed by atoms with E-state index in [0.717, 1.165) is 12.1 Å². The van der Waals surface area contributed by atoms with Crippen LogP contribution < -0.4 is 16.0 Å². The van der Waals surface area contributed by atoms with Crippen molar-refractivity contribution in [2.24, 2.45) is 5.73 Å². The number of nitrogens with zero attached hydrogens (tertiary/aromatic N) is 1. The summed E-state index contributed by atoms with van der Waals surface area (Å²) in [4.78, 5) is 24.0. The van der Waals surface area contributed by atoms with E-state index in [1.165, 1.54) is 22.8 Å². The van der Waals surface area contributed by atoms with Gasteiger partial charge in [-0.05, 0) is 59.3 Å². The minimum atomic E-state index is -0.726. The third kappa shape index (κ3) is 3.96. The third-order valence-corrected chi connectivity index (χ3v) is 4.84. The molecule has 0 aliphatic rings. The van der Waals surface area contributed by atoms with Gasteiger partial charge in [0.15, 0.2) is 0 Å². The van der Waals surface area contributed by atoms with E-state index in [-0.39, 0.29) is 28.0 Å². The number of aryl methyl sites for hydroxylation is 1. The third-order valence-electron chi connectivity index (χ3n) is 4.11. The van der Waals surface area contributed by atoms with Crippen LogP contribution in [-0.2, 0) is 6.61 Å². The van der Waals surface area contributed by atoms with Gasteiger partial charge in [-0.25, -0.2) is 8.78 Å². The predicted molar refractivity (Wildman–Crippen MR) is 104 cm³/mol. The van der Waals surface area contributed by atoms with Crippen molar-refractivity contribution in [1.29, 1.82) is 0 Å². The minimum absolute atomic E-state index is 0.152. The SMILES string of the molecule is Cc1cc(OCc2ccc(F)cc2F)c(Br)c(=O)n1-c1ccc(C(N)=O)cc1. The van der Waals surface area contributed by atoms with Gasteiger partial charge in [0.2, 0.25) is 5.91 Å². The molecule has 2 aromatic carbocycles. The number of carbonyl (C=O) groups excluding carboxylic acids is 1. The number of hydrogen-bond donors (Lipinski definition) is 1. The number of benzene rings is 2. The van der Waals surface area contributed by atoms with Gasteiger partial charge in [-0.15, -0.1) is 0 Å². The number of hydrogen-bond acceptors (Lipinski definition) is 3. The summed E-state index contributed by atoms with van der Waals surface area (Å²) in [6.45, 7) is 1.54. The van der Waals surface area contributed by atoms with Crippen molar-refractivity contribution >= 4 is 21.8 Å². The lowest BCUT2D eigenvalue weighted by Crippen LogP contribution is -2.22. The Morgan fingerprint density at radius 3 is 2.43 bits per heavy atom. The van der Waals surface area contributed by atoms with Crippen LogP contribution in [0.4, 0.5) is 8.78 Å². The molecule has 0 saturated heterocycles. The van der Waals surface area contributed by atoms with Crippen molar-refractivity contribution in [3.63, 3.8) is 0 Å². The standard InChI is InChI=1S/C20H15BrF2N2O3/c1-11-8-17(28-10-13-2-5-14(22)9-16(13)23)18(21)20(27)25(11)15-6-3-12(4-7-15)19(24)26/h2-9H,10H2,1H3,(H2,24,26). The highest BCUT2D eigenvalue weighted by atomic mass is 79.9. The van der Waals surface area contributed by atoms with Crippen LogP contribution in [0.2, 0.25) is 0 Å². The van der Waals surface area contributed by atoms with E-state index in [4.69, 9.17) is 10.5 Å². The van der Waals surface area contributed by atoms with E-state index < -0.39 is 17.5 Å². The van der Waals surface area contributed by atoms with Gasteiger partial charge in [0.1, 0.15) is 28.5 Å². The van der Waals surface area contributed by atoms with Crippen molar-refractivity contribution in [1.82, 2.24) is 4.57 Å². The van der Waals surface area contributed by atoms with E-state index in [1.807, 2.05) is 0 Å². The van der Waals surface area contributed by atoms with Crippen molar-refractivity contribution < 1.29 is 18.3 Å². The number of carbonyl (C=O) groups is 1. The molecule has 0 radical (unpaired) electrons. The summed E-state index contributed by atoms with van der Waals surface area (Å²) >= 11 is 3.22. The molecule has 3 aromatic rings. The Morgan fingerprint density at radius 2 is 1.82 bits per heavy atom. The first-order valence-corrected chi connectivity index (χ1v) is 8.96. The molecule has 0 aliphatic heterocycles. The number of halogens is 3.